The maximum atomic E-state index is 12.6. The minimum atomic E-state index is -1.68. The van der Waals surface area contributed by atoms with Crippen LogP contribution >= 0.6 is 0 Å². The lowest BCUT2D eigenvalue weighted by Crippen LogP contribution is -2.60. The third-order valence-corrected chi connectivity index (χ3v) is 4.38. The van der Waals surface area contributed by atoms with Gasteiger partial charge in [-0.3, -0.25) is 24.0 Å². The molecule has 0 saturated heterocycles. The van der Waals surface area contributed by atoms with Crippen LogP contribution in [0.2, 0.25) is 0 Å². The van der Waals surface area contributed by atoms with Crippen molar-refractivity contribution in [3.8, 4) is 0 Å². The molecule has 0 heterocycles. The molecule has 14 nitrogen and oxygen atoms in total. The Balaban J connectivity index is 5.45. The molecular formula is C18H31N5O9. The molecule has 0 rings (SSSR count). The van der Waals surface area contributed by atoms with Gasteiger partial charge in [-0.25, -0.2) is 4.79 Å². The fraction of sp³-hybridized carbons (Fsp3) is 0.667. The van der Waals surface area contributed by atoms with E-state index in [1.54, 1.807) is 13.8 Å². The molecule has 0 aromatic rings. The summed E-state index contributed by atoms with van der Waals surface area (Å²) >= 11 is 0. The van der Waals surface area contributed by atoms with Crippen LogP contribution in [0.1, 0.15) is 40.0 Å². The summed E-state index contributed by atoms with van der Waals surface area (Å²) in [6.45, 7) is 4.45. The highest BCUT2D eigenvalue weighted by molar-refractivity contribution is 5.96. The molecule has 4 amide bonds. The number of aliphatic hydroxyl groups is 1. The number of hydrogen-bond acceptors (Lipinski definition) is 8. The number of hydrogen-bond donors (Lipinski definition) is 8. The molecule has 14 heteroatoms. The lowest BCUT2D eigenvalue weighted by molar-refractivity contribution is -0.144. The Bertz CT molecular complexity index is 726. The van der Waals surface area contributed by atoms with E-state index in [9.17, 15) is 33.9 Å². The van der Waals surface area contributed by atoms with Crippen LogP contribution in [0.4, 0.5) is 0 Å². The number of nitrogens with two attached hydrogens (primary N) is 2. The van der Waals surface area contributed by atoms with Gasteiger partial charge in [-0.1, -0.05) is 13.8 Å². The van der Waals surface area contributed by atoms with Crippen LogP contribution < -0.4 is 27.4 Å². The average molecular weight is 461 g/mol. The van der Waals surface area contributed by atoms with Gasteiger partial charge < -0.3 is 42.7 Å². The Hall–Kier alpha value is -3.26. The van der Waals surface area contributed by atoms with E-state index in [1.807, 2.05) is 5.32 Å². The van der Waals surface area contributed by atoms with E-state index in [2.05, 4.69) is 10.6 Å². The van der Waals surface area contributed by atoms with Crippen molar-refractivity contribution in [2.45, 2.75) is 70.3 Å². The van der Waals surface area contributed by atoms with Crippen molar-refractivity contribution in [1.82, 2.24) is 16.0 Å². The van der Waals surface area contributed by atoms with E-state index in [-0.39, 0.29) is 5.92 Å². The van der Waals surface area contributed by atoms with E-state index < -0.39 is 85.1 Å². The molecule has 0 spiro atoms. The normalized spacial score (nSPS) is 15.6. The summed E-state index contributed by atoms with van der Waals surface area (Å²) in [6, 6.07) is -5.79. The van der Waals surface area contributed by atoms with Gasteiger partial charge in [0.1, 0.15) is 18.1 Å². The van der Waals surface area contributed by atoms with Crippen LogP contribution in [0.5, 0.6) is 0 Å². The summed E-state index contributed by atoms with van der Waals surface area (Å²) in [5, 5.41) is 34.2. The lowest BCUT2D eigenvalue weighted by atomic mass is 10.0. The first-order chi connectivity index (χ1) is 14.7. The zero-order valence-electron chi connectivity index (χ0n) is 18.0. The van der Waals surface area contributed by atoms with Gasteiger partial charge in [-0.2, -0.15) is 0 Å². The van der Waals surface area contributed by atoms with Crippen molar-refractivity contribution in [3.05, 3.63) is 0 Å². The number of rotatable bonds is 14. The van der Waals surface area contributed by atoms with Gasteiger partial charge in [0.25, 0.3) is 0 Å². The molecule has 0 aromatic carbocycles. The highest BCUT2D eigenvalue weighted by Crippen LogP contribution is 2.04. The van der Waals surface area contributed by atoms with Crippen LogP contribution in [0.15, 0.2) is 0 Å². The van der Waals surface area contributed by atoms with Crippen LogP contribution in [0, 0.1) is 5.92 Å². The fourth-order valence-electron chi connectivity index (χ4n) is 2.43. The maximum Gasteiger partial charge on any atom is 0.326 e. The average Bonchev–Trinajstić information content (AvgIpc) is 2.66. The number of carbonyl (C=O) groups is 6. The number of carbonyl (C=O) groups excluding carboxylic acids is 4. The van der Waals surface area contributed by atoms with Crippen molar-refractivity contribution in [2.75, 3.05) is 0 Å². The summed E-state index contributed by atoms with van der Waals surface area (Å²) in [6.07, 6.45) is -3.14. The molecule has 0 radical (unpaired) electrons. The second kappa shape index (κ2) is 13.2. The predicted molar refractivity (Wildman–Crippen MR) is 109 cm³/mol. The molecule has 5 atom stereocenters. The molecule has 5 unspecified atom stereocenters. The van der Waals surface area contributed by atoms with Crippen molar-refractivity contribution >= 4 is 35.6 Å². The molecule has 0 aromatic heterocycles. The SMILES string of the molecule is CC(C)C(N)C(=O)NC(CC(N)=O)C(=O)NC(C(=O)NC(CCC(=O)O)C(=O)O)C(C)O. The third kappa shape index (κ3) is 10.2. The van der Waals surface area contributed by atoms with Gasteiger partial charge in [0.2, 0.25) is 23.6 Å². The molecule has 10 N–H and O–H groups in total. The first-order valence-corrected chi connectivity index (χ1v) is 9.75. The molecule has 0 bridgehead atoms. The quantitative estimate of drug-likeness (QED) is 0.127. The lowest BCUT2D eigenvalue weighted by Gasteiger charge is -2.26. The molecule has 182 valence electrons. The standard InChI is InChI=1S/C18H31N5O9/c1-7(2)13(20)16(29)22-10(6-11(19)25)15(28)23-14(8(3)24)17(30)21-9(18(31)32)4-5-12(26)27/h7-10,13-14,24H,4-6,20H2,1-3H3,(H2,19,25)(H,21,30)(H,22,29)(H,23,28)(H,26,27)(H,31,32). The highest BCUT2D eigenvalue weighted by atomic mass is 16.4. The van der Waals surface area contributed by atoms with E-state index in [4.69, 9.17) is 21.7 Å². The van der Waals surface area contributed by atoms with Crippen molar-refractivity contribution in [3.63, 3.8) is 0 Å². The van der Waals surface area contributed by atoms with Crippen LogP contribution in [0.3, 0.4) is 0 Å². The minimum Gasteiger partial charge on any atom is -0.481 e. The van der Waals surface area contributed by atoms with Crippen LogP contribution in [0.25, 0.3) is 0 Å². The van der Waals surface area contributed by atoms with Crippen molar-refractivity contribution < 1.29 is 44.1 Å². The molecule has 0 aliphatic carbocycles. The first-order valence-electron chi connectivity index (χ1n) is 9.75. The zero-order chi connectivity index (χ0) is 25.2. The van der Waals surface area contributed by atoms with Gasteiger partial charge in [0.15, 0.2) is 0 Å². The Morgan fingerprint density at radius 1 is 0.844 bits per heavy atom. The topological polar surface area (TPSA) is 251 Å². The zero-order valence-corrected chi connectivity index (χ0v) is 18.0. The van der Waals surface area contributed by atoms with E-state index in [1.165, 1.54) is 0 Å². The molecule has 32 heavy (non-hydrogen) atoms. The maximum absolute atomic E-state index is 12.6. The summed E-state index contributed by atoms with van der Waals surface area (Å²) < 4.78 is 0. The number of carboxylic acid groups (broad SMARTS) is 2. The Labute approximate surface area is 184 Å². The number of carboxylic acids is 2. The minimum absolute atomic E-state index is 0.290. The largest absolute Gasteiger partial charge is 0.481 e. The van der Waals surface area contributed by atoms with Crippen molar-refractivity contribution in [2.24, 2.45) is 17.4 Å². The van der Waals surface area contributed by atoms with E-state index in [0.717, 1.165) is 6.92 Å². The van der Waals surface area contributed by atoms with Crippen LogP contribution in [-0.4, -0.2) is 81.2 Å². The summed E-state index contributed by atoms with van der Waals surface area (Å²) in [4.78, 5) is 70.5. The Morgan fingerprint density at radius 2 is 1.38 bits per heavy atom. The second-order valence-electron chi connectivity index (χ2n) is 7.56. The summed E-state index contributed by atoms with van der Waals surface area (Å²) in [7, 11) is 0. The molecule has 0 saturated carbocycles. The third-order valence-electron chi connectivity index (χ3n) is 4.38. The molecule has 0 fully saturated rings. The summed E-state index contributed by atoms with van der Waals surface area (Å²) in [5.41, 5.74) is 10.8. The Kier molecular flexibility index (Phi) is 11.9. The molecular weight excluding hydrogens is 430 g/mol. The number of aliphatic carboxylic acids is 2. The van der Waals surface area contributed by atoms with Gasteiger partial charge in [0.05, 0.1) is 18.6 Å². The van der Waals surface area contributed by atoms with E-state index >= 15 is 0 Å². The molecule has 0 aliphatic heterocycles. The summed E-state index contributed by atoms with van der Waals surface area (Å²) in [5.74, 6) is -6.95. The monoisotopic (exact) mass is 461 g/mol. The number of nitrogens with one attached hydrogen (secondary N) is 3. The number of amides is 4. The Morgan fingerprint density at radius 3 is 1.78 bits per heavy atom. The van der Waals surface area contributed by atoms with Gasteiger partial charge in [0, 0.05) is 6.42 Å². The predicted octanol–water partition coefficient (Wildman–Crippen LogP) is -3.37. The number of aliphatic hydroxyl groups excluding tert-OH is 1. The van der Waals surface area contributed by atoms with Gasteiger partial charge >= 0.3 is 11.9 Å². The fourth-order valence-corrected chi connectivity index (χ4v) is 2.43. The van der Waals surface area contributed by atoms with Gasteiger partial charge in [-0.15, -0.1) is 0 Å². The molecule has 0 aliphatic rings. The van der Waals surface area contributed by atoms with E-state index in [0.29, 0.717) is 0 Å². The highest BCUT2D eigenvalue weighted by Gasteiger charge is 2.33. The smallest absolute Gasteiger partial charge is 0.326 e. The number of primary amides is 1. The van der Waals surface area contributed by atoms with Crippen molar-refractivity contribution in [1.29, 1.82) is 0 Å². The second-order valence-corrected chi connectivity index (χ2v) is 7.56. The van der Waals surface area contributed by atoms with Gasteiger partial charge in [-0.05, 0) is 19.3 Å². The van der Waals surface area contributed by atoms with Crippen LogP contribution in [-0.2, 0) is 28.8 Å². The first kappa shape index (κ1) is 28.7.